The molecule has 2 heterocycles. The minimum Gasteiger partial charge on any atom is -0.374 e. The summed E-state index contributed by atoms with van der Waals surface area (Å²) in [5, 5.41) is 10.8. The van der Waals surface area contributed by atoms with Crippen LogP contribution in [0.2, 0.25) is 0 Å². The summed E-state index contributed by atoms with van der Waals surface area (Å²) < 4.78 is 5.82. The Morgan fingerprint density at radius 2 is 2.00 bits per heavy atom. The molecule has 1 aliphatic rings. The van der Waals surface area contributed by atoms with Gasteiger partial charge in [-0.1, -0.05) is 48.5 Å². The Labute approximate surface area is 152 Å². The van der Waals surface area contributed by atoms with Crippen LogP contribution >= 0.6 is 0 Å². The van der Waals surface area contributed by atoms with Gasteiger partial charge in [0, 0.05) is 31.6 Å². The third-order valence-electron chi connectivity index (χ3n) is 4.65. The molecule has 2 N–H and O–H groups in total. The maximum Gasteiger partial charge on any atom is 0.272 e. The van der Waals surface area contributed by atoms with E-state index < -0.39 is 0 Å². The Balaban J connectivity index is 1.33. The van der Waals surface area contributed by atoms with Gasteiger partial charge in [-0.15, -0.1) is 0 Å². The van der Waals surface area contributed by atoms with Crippen LogP contribution in [0.25, 0.3) is 10.9 Å². The number of hydrogen-bond acceptors (Lipinski definition) is 4. The molecular formula is C20H22N4O2. The number of rotatable bonds is 5. The number of aromatic amines is 1. The highest BCUT2D eigenvalue weighted by Crippen LogP contribution is 2.15. The highest BCUT2D eigenvalue weighted by atomic mass is 16.5. The van der Waals surface area contributed by atoms with E-state index in [4.69, 9.17) is 4.74 Å². The molecule has 4 rings (SSSR count). The van der Waals surface area contributed by atoms with Crippen LogP contribution in [0.1, 0.15) is 16.1 Å². The molecule has 134 valence electrons. The maximum atomic E-state index is 12.5. The van der Waals surface area contributed by atoms with Gasteiger partial charge in [-0.25, -0.2) is 0 Å². The maximum absolute atomic E-state index is 12.5. The second kappa shape index (κ2) is 7.68. The Kier molecular flexibility index (Phi) is 4.95. The molecule has 26 heavy (non-hydrogen) atoms. The molecular weight excluding hydrogens is 328 g/mol. The molecule has 1 fully saturated rings. The van der Waals surface area contributed by atoms with Crippen molar-refractivity contribution in [1.82, 2.24) is 20.4 Å². The molecule has 0 aliphatic carbocycles. The fraction of sp³-hybridized carbons (Fsp3) is 0.300. The quantitative estimate of drug-likeness (QED) is 0.740. The van der Waals surface area contributed by atoms with Crippen LogP contribution in [0.3, 0.4) is 0 Å². The lowest BCUT2D eigenvalue weighted by Crippen LogP contribution is -2.47. The number of amides is 1. The Bertz CT molecular complexity index is 878. The van der Waals surface area contributed by atoms with E-state index in [1.807, 2.05) is 30.3 Å². The number of carbonyl (C=O) groups is 1. The summed E-state index contributed by atoms with van der Waals surface area (Å²) in [5.41, 5.74) is 2.58. The van der Waals surface area contributed by atoms with E-state index in [1.165, 1.54) is 5.56 Å². The average Bonchev–Trinajstić information content (AvgIpc) is 3.11. The Hall–Kier alpha value is -2.70. The van der Waals surface area contributed by atoms with E-state index in [9.17, 15) is 4.79 Å². The Morgan fingerprint density at radius 1 is 1.19 bits per heavy atom. The van der Waals surface area contributed by atoms with Gasteiger partial charge in [0.25, 0.3) is 5.91 Å². The molecule has 0 spiro atoms. The van der Waals surface area contributed by atoms with E-state index in [-0.39, 0.29) is 12.0 Å². The van der Waals surface area contributed by atoms with Gasteiger partial charge in [-0.2, -0.15) is 5.10 Å². The van der Waals surface area contributed by atoms with Crippen molar-refractivity contribution in [3.63, 3.8) is 0 Å². The molecule has 1 saturated heterocycles. The molecule has 0 radical (unpaired) electrons. The lowest BCUT2D eigenvalue weighted by Gasteiger charge is -2.33. The first-order valence-electron chi connectivity index (χ1n) is 8.89. The monoisotopic (exact) mass is 350 g/mol. The van der Waals surface area contributed by atoms with Gasteiger partial charge in [0.2, 0.25) is 0 Å². The molecule has 1 atom stereocenters. The van der Waals surface area contributed by atoms with Gasteiger partial charge < -0.3 is 10.1 Å². The SMILES string of the molecule is O=C(NCC1CN(Cc2ccccc2)CCO1)c1n[nH]c2ccccc12. The fourth-order valence-electron chi connectivity index (χ4n) is 3.32. The second-order valence-electron chi connectivity index (χ2n) is 6.54. The molecule has 6 heteroatoms. The molecule has 0 bridgehead atoms. The zero-order valence-corrected chi connectivity index (χ0v) is 14.5. The number of hydrogen-bond donors (Lipinski definition) is 2. The van der Waals surface area contributed by atoms with Crippen LogP contribution in [0.5, 0.6) is 0 Å². The van der Waals surface area contributed by atoms with Crippen LogP contribution in [-0.4, -0.2) is 53.3 Å². The molecule has 1 aromatic heterocycles. The normalized spacial score (nSPS) is 18.1. The fourth-order valence-corrected chi connectivity index (χ4v) is 3.32. The van der Waals surface area contributed by atoms with E-state index in [0.29, 0.717) is 18.8 Å². The summed E-state index contributed by atoms with van der Waals surface area (Å²) in [6, 6.07) is 18.0. The van der Waals surface area contributed by atoms with Crippen molar-refractivity contribution in [2.24, 2.45) is 0 Å². The minimum absolute atomic E-state index is 0.0124. The number of H-pyrrole nitrogens is 1. The van der Waals surface area contributed by atoms with Gasteiger partial charge in [0.1, 0.15) is 0 Å². The first-order chi connectivity index (χ1) is 12.8. The van der Waals surface area contributed by atoms with E-state index in [1.54, 1.807) is 0 Å². The number of benzene rings is 2. The number of nitrogens with one attached hydrogen (secondary N) is 2. The van der Waals surface area contributed by atoms with Crippen molar-refractivity contribution < 1.29 is 9.53 Å². The van der Waals surface area contributed by atoms with Gasteiger partial charge in [-0.3, -0.25) is 14.8 Å². The summed E-state index contributed by atoms with van der Waals surface area (Å²) in [5.74, 6) is -0.175. The zero-order valence-electron chi connectivity index (χ0n) is 14.5. The molecule has 6 nitrogen and oxygen atoms in total. The predicted molar refractivity (Wildman–Crippen MR) is 99.9 cm³/mol. The van der Waals surface area contributed by atoms with Gasteiger partial charge in [0.05, 0.1) is 18.2 Å². The van der Waals surface area contributed by atoms with Crippen molar-refractivity contribution in [3.8, 4) is 0 Å². The van der Waals surface area contributed by atoms with Crippen LogP contribution in [-0.2, 0) is 11.3 Å². The van der Waals surface area contributed by atoms with Crippen molar-refractivity contribution >= 4 is 16.8 Å². The van der Waals surface area contributed by atoms with Crippen LogP contribution in [0.4, 0.5) is 0 Å². The predicted octanol–water partition coefficient (Wildman–Crippen LogP) is 2.19. The first kappa shape index (κ1) is 16.8. The third-order valence-corrected chi connectivity index (χ3v) is 4.65. The minimum atomic E-state index is -0.175. The summed E-state index contributed by atoms with van der Waals surface area (Å²) in [6.07, 6.45) is -0.0124. The highest BCUT2D eigenvalue weighted by Gasteiger charge is 2.22. The number of fused-ring (bicyclic) bond motifs is 1. The molecule has 3 aromatic rings. The molecule has 1 unspecified atom stereocenters. The van der Waals surface area contributed by atoms with Crippen molar-refractivity contribution in [2.45, 2.75) is 12.6 Å². The van der Waals surface area contributed by atoms with Crippen LogP contribution < -0.4 is 5.32 Å². The number of carbonyl (C=O) groups excluding carboxylic acids is 1. The number of aromatic nitrogens is 2. The van der Waals surface area contributed by atoms with E-state index in [0.717, 1.165) is 30.5 Å². The van der Waals surface area contributed by atoms with Gasteiger partial charge >= 0.3 is 0 Å². The number of nitrogens with zero attached hydrogens (tertiary/aromatic N) is 2. The number of morpholine rings is 1. The first-order valence-corrected chi connectivity index (χ1v) is 8.89. The average molecular weight is 350 g/mol. The zero-order chi connectivity index (χ0) is 17.8. The van der Waals surface area contributed by atoms with Crippen LogP contribution in [0, 0.1) is 0 Å². The highest BCUT2D eigenvalue weighted by molar-refractivity contribution is 6.04. The summed E-state index contributed by atoms with van der Waals surface area (Å²) in [4.78, 5) is 14.8. The third kappa shape index (κ3) is 3.76. The van der Waals surface area contributed by atoms with Crippen molar-refractivity contribution in [2.75, 3.05) is 26.2 Å². The molecule has 1 amide bonds. The molecule has 2 aromatic carbocycles. The summed E-state index contributed by atoms with van der Waals surface area (Å²) in [6.45, 7) is 3.77. The number of para-hydroxylation sites is 1. The Morgan fingerprint density at radius 3 is 2.88 bits per heavy atom. The van der Waals surface area contributed by atoms with Gasteiger partial charge in [-0.05, 0) is 11.6 Å². The molecule has 1 aliphatic heterocycles. The van der Waals surface area contributed by atoms with Gasteiger partial charge in [0.15, 0.2) is 5.69 Å². The lowest BCUT2D eigenvalue weighted by molar-refractivity contribution is -0.0292. The second-order valence-corrected chi connectivity index (χ2v) is 6.54. The summed E-state index contributed by atoms with van der Waals surface area (Å²) >= 11 is 0. The number of ether oxygens (including phenoxy) is 1. The van der Waals surface area contributed by atoms with E-state index in [2.05, 4.69) is 44.7 Å². The lowest BCUT2D eigenvalue weighted by atomic mass is 10.2. The molecule has 0 saturated carbocycles. The smallest absolute Gasteiger partial charge is 0.272 e. The van der Waals surface area contributed by atoms with Crippen molar-refractivity contribution in [3.05, 3.63) is 65.9 Å². The largest absolute Gasteiger partial charge is 0.374 e. The summed E-state index contributed by atoms with van der Waals surface area (Å²) in [7, 11) is 0. The standard InChI is InChI=1S/C20H22N4O2/c25-20(19-17-8-4-5-9-18(17)22-23-19)21-12-16-14-24(10-11-26-16)13-15-6-2-1-3-7-15/h1-9,16H,10-14H2,(H,21,25)(H,22,23). The van der Waals surface area contributed by atoms with Crippen LogP contribution in [0.15, 0.2) is 54.6 Å². The topological polar surface area (TPSA) is 70.2 Å². The van der Waals surface area contributed by atoms with Crippen molar-refractivity contribution in [1.29, 1.82) is 0 Å². The van der Waals surface area contributed by atoms with E-state index >= 15 is 0 Å².